The van der Waals surface area contributed by atoms with Crippen LogP contribution >= 0.6 is 15.9 Å². The van der Waals surface area contributed by atoms with E-state index in [9.17, 15) is 10.1 Å². The summed E-state index contributed by atoms with van der Waals surface area (Å²) in [7, 11) is 0. The molecule has 1 rings (SSSR count). The molecule has 1 unspecified atom stereocenters. The smallest absolute Gasteiger partial charge is 0.311 e. The van der Waals surface area contributed by atoms with Crippen molar-refractivity contribution in [2.45, 2.75) is 19.4 Å². The van der Waals surface area contributed by atoms with Crippen LogP contribution in [0.3, 0.4) is 0 Å². The number of rotatable bonds is 5. The van der Waals surface area contributed by atoms with Crippen LogP contribution in [-0.2, 0) is 0 Å². The van der Waals surface area contributed by atoms with Crippen molar-refractivity contribution in [3.8, 4) is 0 Å². The third-order valence-electron chi connectivity index (χ3n) is 2.03. The lowest BCUT2D eigenvalue weighted by molar-refractivity contribution is -0.384. The number of anilines is 1. The number of aliphatic hydroxyl groups excluding tert-OH is 1. The van der Waals surface area contributed by atoms with Crippen LogP contribution in [0, 0.1) is 10.1 Å². The Morgan fingerprint density at radius 1 is 1.69 bits per heavy atom. The Kier molecular flexibility index (Phi) is 4.63. The van der Waals surface area contributed by atoms with Gasteiger partial charge in [0.05, 0.1) is 9.40 Å². The maximum Gasteiger partial charge on any atom is 0.311 e. The quantitative estimate of drug-likeness (QED) is 0.639. The number of nitro groups is 1. The van der Waals surface area contributed by atoms with Gasteiger partial charge in [0.25, 0.3) is 0 Å². The highest BCUT2D eigenvalue weighted by Crippen LogP contribution is 2.31. The molecule has 0 amide bonds. The van der Waals surface area contributed by atoms with Gasteiger partial charge in [0, 0.05) is 18.8 Å². The van der Waals surface area contributed by atoms with Gasteiger partial charge in [-0.15, -0.1) is 0 Å². The summed E-state index contributed by atoms with van der Waals surface area (Å²) in [4.78, 5) is 14.0. The first-order chi connectivity index (χ1) is 7.56. The van der Waals surface area contributed by atoms with E-state index in [1.54, 1.807) is 0 Å². The van der Waals surface area contributed by atoms with Crippen LogP contribution in [0.5, 0.6) is 0 Å². The monoisotopic (exact) mass is 289 g/mol. The summed E-state index contributed by atoms with van der Waals surface area (Å²) in [6.45, 7) is 1.87. The second-order valence-electron chi connectivity index (χ2n) is 3.33. The molecule has 0 fully saturated rings. The first-order valence-corrected chi connectivity index (χ1v) is 5.50. The number of hydrogen-bond donors (Lipinski definition) is 2. The van der Waals surface area contributed by atoms with Gasteiger partial charge in [0.15, 0.2) is 0 Å². The molecule has 0 aliphatic carbocycles. The van der Waals surface area contributed by atoms with Gasteiger partial charge < -0.3 is 10.4 Å². The molecular formula is C9H12BrN3O3. The van der Waals surface area contributed by atoms with Gasteiger partial charge in [0.2, 0.25) is 0 Å². The highest BCUT2D eigenvalue weighted by molar-refractivity contribution is 9.10. The maximum atomic E-state index is 10.8. The molecule has 2 N–H and O–H groups in total. The number of nitrogens with one attached hydrogen (secondary N) is 1. The van der Waals surface area contributed by atoms with E-state index in [0.717, 1.165) is 0 Å². The number of pyridine rings is 1. The van der Waals surface area contributed by atoms with E-state index in [1.165, 1.54) is 12.4 Å². The molecule has 7 heteroatoms. The van der Waals surface area contributed by atoms with Gasteiger partial charge in [-0.2, -0.15) is 0 Å². The largest absolute Gasteiger partial charge is 0.396 e. The Morgan fingerprint density at radius 3 is 2.94 bits per heavy atom. The zero-order valence-electron chi connectivity index (χ0n) is 8.68. The zero-order chi connectivity index (χ0) is 12.1. The summed E-state index contributed by atoms with van der Waals surface area (Å²) in [6.07, 6.45) is 3.20. The Hall–Kier alpha value is -1.21. The fourth-order valence-electron chi connectivity index (χ4n) is 1.22. The minimum atomic E-state index is -0.494. The number of aliphatic hydroxyl groups is 1. The minimum absolute atomic E-state index is 0.0324. The standard InChI is InChI=1S/C9H12BrN3O3/c1-6(2-3-14)12-9-7(10)4-11-5-8(9)13(15)16/h4-6,14H,2-3H2,1H3,(H,11,12). The molecule has 88 valence electrons. The first kappa shape index (κ1) is 12.9. The molecule has 0 bridgehead atoms. The normalized spacial score (nSPS) is 12.2. The zero-order valence-corrected chi connectivity index (χ0v) is 10.3. The van der Waals surface area contributed by atoms with Gasteiger partial charge >= 0.3 is 5.69 Å². The van der Waals surface area contributed by atoms with Gasteiger partial charge in [-0.25, -0.2) is 0 Å². The SMILES string of the molecule is CC(CCO)Nc1c(Br)cncc1[N+](=O)[O-]. The van der Waals surface area contributed by atoms with Crippen molar-refractivity contribution >= 4 is 27.3 Å². The van der Waals surface area contributed by atoms with E-state index in [2.05, 4.69) is 26.2 Å². The molecule has 0 saturated heterocycles. The molecule has 6 nitrogen and oxygen atoms in total. The summed E-state index contributed by atoms with van der Waals surface area (Å²) < 4.78 is 0.534. The fourth-order valence-corrected chi connectivity index (χ4v) is 1.65. The number of halogens is 1. The second-order valence-corrected chi connectivity index (χ2v) is 4.18. The number of aromatic nitrogens is 1. The van der Waals surface area contributed by atoms with Gasteiger partial charge in [-0.1, -0.05) is 0 Å². The molecule has 1 atom stereocenters. The highest BCUT2D eigenvalue weighted by atomic mass is 79.9. The summed E-state index contributed by atoms with van der Waals surface area (Å²) in [5.41, 5.74) is 0.306. The third-order valence-corrected chi connectivity index (χ3v) is 2.63. The van der Waals surface area contributed by atoms with Crippen molar-refractivity contribution < 1.29 is 10.0 Å². The van der Waals surface area contributed by atoms with E-state index in [4.69, 9.17) is 5.11 Å². The molecule has 0 saturated carbocycles. The summed E-state index contributed by atoms with van der Waals surface area (Å²) >= 11 is 3.20. The van der Waals surface area contributed by atoms with Crippen molar-refractivity contribution in [2.24, 2.45) is 0 Å². The Bertz CT molecular complexity index is 386. The minimum Gasteiger partial charge on any atom is -0.396 e. The Balaban J connectivity index is 2.97. The van der Waals surface area contributed by atoms with Crippen molar-refractivity contribution in [1.29, 1.82) is 0 Å². The molecule has 1 aromatic heterocycles. The van der Waals surface area contributed by atoms with E-state index in [0.29, 0.717) is 16.6 Å². The lowest BCUT2D eigenvalue weighted by atomic mass is 10.2. The molecule has 0 radical (unpaired) electrons. The molecule has 0 aromatic carbocycles. The molecule has 0 aliphatic rings. The molecule has 16 heavy (non-hydrogen) atoms. The van der Waals surface area contributed by atoms with Crippen molar-refractivity contribution in [1.82, 2.24) is 4.98 Å². The van der Waals surface area contributed by atoms with Gasteiger partial charge in [0.1, 0.15) is 11.9 Å². The van der Waals surface area contributed by atoms with Crippen molar-refractivity contribution in [3.05, 3.63) is 27.0 Å². The van der Waals surface area contributed by atoms with E-state index >= 15 is 0 Å². The molecular weight excluding hydrogens is 278 g/mol. The Labute approximate surface area is 101 Å². The number of nitrogens with zero attached hydrogens (tertiary/aromatic N) is 2. The Morgan fingerprint density at radius 2 is 2.38 bits per heavy atom. The van der Waals surface area contributed by atoms with Crippen LogP contribution in [0.4, 0.5) is 11.4 Å². The summed E-state index contributed by atoms with van der Waals surface area (Å²) in [5, 5.41) is 22.5. The maximum absolute atomic E-state index is 10.8. The van der Waals surface area contributed by atoms with Crippen LogP contribution in [-0.4, -0.2) is 27.7 Å². The van der Waals surface area contributed by atoms with E-state index in [1.807, 2.05) is 6.92 Å². The van der Waals surface area contributed by atoms with Crippen LogP contribution in [0.2, 0.25) is 0 Å². The highest BCUT2D eigenvalue weighted by Gasteiger charge is 2.18. The van der Waals surface area contributed by atoms with Crippen LogP contribution < -0.4 is 5.32 Å². The average Bonchev–Trinajstić information content (AvgIpc) is 2.21. The lowest BCUT2D eigenvalue weighted by Crippen LogP contribution is -2.17. The van der Waals surface area contributed by atoms with Crippen LogP contribution in [0.15, 0.2) is 16.9 Å². The van der Waals surface area contributed by atoms with Crippen molar-refractivity contribution in [2.75, 3.05) is 11.9 Å². The van der Waals surface area contributed by atoms with Crippen LogP contribution in [0.1, 0.15) is 13.3 Å². The molecule has 0 spiro atoms. The lowest BCUT2D eigenvalue weighted by Gasteiger charge is -2.14. The third kappa shape index (κ3) is 3.14. The van der Waals surface area contributed by atoms with Crippen molar-refractivity contribution in [3.63, 3.8) is 0 Å². The topological polar surface area (TPSA) is 88.3 Å². The molecule has 0 aliphatic heterocycles. The van der Waals surface area contributed by atoms with Gasteiger partial charge in [-0.3, -0.25) is 15.1 Å². The summed E-state index contributed by atoms with van der Waals surface area (Å²) in [6, 6.07) is -0.0533. The number of hydrogen-bond acceptors (Lipinski definition) is 5. The van der Waals surface area contributed by atoms with E-state index < -0.39 is 4.92 Å². The predicted octanol–water partition coefficient (Wildman–Crippen LogP) is 1.94. The fraction of sp³-hybridized carbons (Fsp3) is 0.444. The van der Waals surface area contributed by atoms with Gasteiger partial charge in [-0.05, 0) is 29.3 Å². The average molecular weight is 290 g/mol. The predicted molar refractivity (Wildman–Crippen MR) is 63.4 cm³/mol. The first-order valence-electron chi connectivity index (χ1n) is 4.71. The molecule has 1 heterocycles. The molecule has 1 aromatic rings. The van der Waals surface area contributed by atoms with Crippen LogP contribution in [0.25, 0.3) is 0 Å². The summed E-state index contributed by atoms with van der Waals surface area (Å²) in [5.74, 6) is 0. The second kappa shape index (κ2) is 5.76. The van der Waals surface area contributed by atoms with E-state index in [-0.39, 0.29) is 18.3 Å².